The van der Waals surface area contributed by atoms with Gasteiger partial charge < -0.3 is 10.1 Å². The van der Waals surface area contributed by atoms with E-state index in [1.54, 1.807) is 12.1 Å². The van der Waals surface area contributed by atoms with Gasteiger partial charge in [-0.3, -0.25) is 10.1 Å². The fraction of sp³-hybridized carbons (Fsp3) is 0.188. The van der Waals surface area contributed by atoms with E-state index in [4.69, 9.17) is 4.74 Å². The minimum absolute atomic E-state index is 0.00546. The third kappa shape index (κ3) is 4.31. The van der Waals surface area contributed by atoms with E-state index in [2.05, 4.69) is 5.32 Å². The molecule has 114 valence electrons. The van der Waals surface area contributed by atoms with Gasteiger partial charge in [-0.15, -0.1) is 0 Å². The number of carbonyl (C=O) groups excluding carboxylic acids is 1. The topological polar surface area (TPSA) is 81.5 Å². The largest absolute Gasteiger partial charge is 0.445 e. The summed E-state index contributed by atoms with van der Waals surface area (Å²) in [5.41, 5.74) is 1.67. The van der Waals surface area contributed by atoms with Gasteiger partial charge in [0, 0.05) is 12.1 Å². The van der Waals surface area contributed by atoms with Gasteiger partial charge in [-0.05, 0) is 30.2 Å². The predicted octanol–water partition coefficient (Wildman–Crippen LogP) is 3.58. The standard InChI is InChI=1S/C16H16N2O4/c1-12(14-5-3-2-4-6-14)17-16(19)22-11-13-7-9-15(10-8-13)18(20)21/h2-10,12H,11H2,1H3,(H,17,19)/t12-/m0/s1. The van der Waals surface area contributed by atoms with Crippen LogP contribution in [-0.4, -0.2) is 11.0 Å². The van der Waals surface area contributed by atoms with Gasteiger partial charge in [-0.25, -0.2) is 4.79 Å². The zero-order chi connectivity index (χ0) is 15.9. The number of nitro groups is 1. The Hall–Kier alpha value is -2.89. The Kier molecular flexibility index (Phi) is 5.08. The molecule has 2 aromatic carbocycles. The number of carbonyl (C=O) groups is 1. The normalized spacial score (nSPS) is 11.5. The van der Waals surface area contributed by atoms with E-state index in [1.165, 1.54) is 12.1 Å². The second-order valence-corrected chi connectivity index (χ2v) is 4.78. The highest BCUT2D eigenvalue weighted by molar-refractivity contribution is 5.67. The molecule has 0 saturated carbocycles. The molecule has 0 aromatic heterocycles. The summed E-state index contributed by atoms with van der Waals surface area (Å²) in [6.45, 7) is 1.92. The molecule has 0 fully saturated rings. The highest BCUT2D eigenvalue weighted by Crippen LogP contribution is 2.14. The monoisotopic (exact) mass is 300 g/mol. The van der Waals surface area contributed by atoms with Crippen molar-refractivity contribution < 1.29 is 14.5 Å². The number of rotatable bonds is 5. The van der Waals surface area contributed by atoms with Crippen molar-refractivity contribution in [2.75, 3.05) is 0 Å². The molecule has 0 heterocycles. The van der Waals surface area contributed by atoms with E-state index < -0.39 is 11.0 Å². The first-order chi connectivity index (χ1) is 10.6. The second kappa shape index (κ2) is 7.21. The number of nitrogens with one attached hydrogen (secondary N) is 1. The summed E-state index contributed by atoms with van der Waals surface area (Å²) in [6, 6.07) is 15.3. The quantitative estimate of drug-likeness (QED) is 0.676. The van der Waals surface area contributed by atoms with E-state index in [0.717, 1.165) is 5.56 Å². The summed E-state index contributed by atoms with van der Waals surface area (Å²) in [4.78, 5) is 21.8. The van der Waals surface area contributed by atoms with Gasteiger partial charge in [-0.2, -0.15) is 0 Å². The predicted molar refractivity (Wildman–Crippen MR) is 81.3 cm³/mol. The number of amides is 1. The van der Waals surface area contributed by atoms with Gasteiger partial charge in [0.2, 0.25) is 0 Å². The summed E-state index contributed by atoms with van der Waals surface area (Å²) >= 11 is 0. The van der Waals surface area contributed by atoms with E-state index in [1.807, 2.05) is 37.3 Å². The van der Waals surface area contributed by atoms with Crippen LogP contribution in [0, 0.1) is 10.1 Å². The van der Waals surface area contributed by atoms with Crippen LogP contribution < -0.4 is 5.32 Å². The number of non-ortho nitro benzene ring substituents is 1. The van der Waals surface area contributed by atoms with Crippen LogP contribution in [-0.2, 0) is 11.3 Å². The third-order valence-electron chi connectivity index (χ3n) is 3.15. The lowest BCUT2D eigenvalue weighted by atomic mass is 10.1. The summed E-state index contributed by atoms with van der Waals surface area (Å²) in [5, 5.41) is 13.3. The van der Waals surface area contributed by atoms with Gasteiger partial charge >= 0.3 is 6.09 Å². The van der Waals surface area contributed by atoms with Gasteiger partial charge in [0.15, 0.2) is 0 Å². The van der Waals surface area contributed by atoms with Gasteiger partial charge in [0.1, 0.15) is 6.61 Å². The van der Waals surface area contributed by atoms with Crippen LogP contribution in [0.3, 0.4) is 0 Å². The minimum Gasteiger partial charge on any atom is -0.445 e. The maximum Gasteiger partial charge on any atom is 0.407 e. The number of hydrogen-bond donors (Lipinski definition) is 1. The number of nitro benzene ring substituents is 1. The Morgan fingerprint density at radius 2 is 1.82 bits per heavy atom. The summed E-state index contributed by atoms with van der Waals surface area (Å²) in [7, 11) is 0. The van der Waals surface area contributed by atoms with Crippen LogP contribution in [0.4, 0.5) is 10.5 Å². The van der Waals surface area contributed by atoms with Crippen LogP contribution in [0.1, 0.15) is 24.1 Å². The van der Waals surface area contributed by atoms with Crippen LogP contribution >= 0.6 is 0 Å². The maximum absolute atomic E-state index is 11.7. The lowest BCUT2D eigenvalue weighted by Gasteiger charge is -2.14. The van der Waals surface area contributed by atoms with E-state index in [9.17, 15) is 14.9 Å². The average molecular weight is 300 g/mol. The number of alkyl carbamates (subject to hydrolysis) is 1. The smallest absolute Gasteiger partial charge is 0.407 e. The van der Waals surface area contributed by atoms with Crippen LogP contribution in [0.2, 0.25) is 0 Å². The molecule has 2 aromatic rings. The highest BCUT2D eigenvalue weighted by atomic mass is 16.6. The van der Waals surface area contributed by atoms with Crippen LogP contribution in [0.15, 0.2) is 54.6 Å². The number of ether oxygens (including phenoxy) is 1. The van der Waals surface area contributed by atoms with Crippen molar-refractivity contribution in [1.29, 1.82) is 0 Å². The molecule has 6 nitrogen and oxygen atoms in total. The molecule has 22 heavy (non-hydrogen) atoms. The molecule has 6 heteroatoms. The summed E-state index contributed by atoms with van der Waals surface area (Å²) < 4.78 is 5.10. The van der Waals surface area contributed by atoms with Crippen molar-refractivity contribution in [3.8, 4) is 0 Å². The number of benzene rings is 2. The zero-order valence-corrected chi connectivity index (χ0v) is 12.1. The van der Waals surface area contributed by atoms with Gasteiger partial charge in [0.25, 0.3) is 5.69 Å². The Morgan fingerprint density at radius 3 is 2.41 bits per heavy atom. The number of nitrogens with zero attached hydrogens (tertiary/aromatic N) is 1. The molecule has 0 aliphatic carbocycles. The molecular formula is C16H16N2O4. The molecule has 0 saturated heterocycles. The van der Waals surface area contributed by atoms with Crippen molar-refractivity contribution in [2.45, 2.75) is 19.6 Å². The van der Waals surface area contributed by atoms with Crippen molar-refractivity contribution in [3.05, 3.63) is 75.8 Å². The van der Waals surface area contributed by atoms with Crippen molar-refractivity contribution >= 4 is 11.8 Å². The Labute approximate surface area is 127 Å². The highest BCUT2D eigenvalue weighted by Gasteiger charge is 2.10. The minimum atomic E-state index is -0.533. The fourth-order valence-electron chi connectivity index (χ4n) is 1.91. The van der Waals surface area contributed by atoms with Crippen molar-refractivity contribution in [3.63, 3.8) is 0 Å². The van der Waals surface area contributed by atoms with Crippen LogP contribution in [0.5, 0.6) is 0 Å². The lowest BCUT2D eigenvalue weighted by Crippen LogP contribution is -2.27. The van der Waals surface area contributed by atoms with E-state index in [0.29, 0.717) is 5.56 Å². The maximum atomic E-state index is 11.7. The fourth-order valence-corrected chi connectivity index (χ4v) is 1.91. The first kappa shape index (κ1) is 15.5. The Balaban J connectivity index is 1.83. The second-order valence-electron chi connectivity index (χ2n) is 4.78. The van der Waals surface area contributed by atoms with E-state index >= 15 is 0 Å². The first-order valence-corrected chi connectivity index (χ1v) is 6.78. The van der Waals surface area contributed by atoms with Gasteiger partial charge in [-0.1, -0.05) is 30.3 Å². The molecule has 1 N–H and O–H groups in total. The average Bonchev–Trinajstić information content (AvgIpc) is 2.54. The van der Waals surface area contributed by atoms with Crippen LogP contribution in [0.25, 0.3) is 0 Å². The van der Waals surface area contributed by atoms with Gasteiger partial charge in [0.05, 0.1) is 11.0 Å². The molecule has 0 spiro atoms. The SMILES string of the molecule is C[C@H](NC(=O)OCc1ccc([N+](=O)[O-])cc1)c1ccccc1. The molecule has 0 aliphatic heterocycles. The first-order valence-electron chi connectivity index (χ1n) is 6.78. The number of hydrogen-bond acceptors (Lipinski definition) is 4. The molecule has 1 amide bonds. The molecule has 1 atom stereocenters. The molecule has 2 rings (SSSR count). The molecule has 0 unspecified atom stereocenters. The van der Waals surface area contributed by atoms with Crippen molar-refractivity contribution in [2.24, 2.45) is 0 Å². The molecule has 0 radical (unpaired) electrons. The molecular weight excluding hydrogens is 284 g/mol. The Bertz CT molecular complexity index is 641. The zero-order valence-electron chi connectivity index (χ0n) is 12.1. The molecule has 0 bridgehead atoms. The van der Waals surface area contributed by atoms with Crippen molar-refractivity contribution in [1.82, 2.24) is 5.32 Å². The summed E-state index contributed by atoms with van der Waals surface area (Å²) in [6.07, 6.45) is -0.533. The van der Waals surface area contributed by atoms with E-state index in [-0.39, 0.29) is 18.3 Å². The third-order valence-corrected chi connectivity index (χ3v) is 3.15. The Morgan fingerprint density at radius 1 is 1.18 bits per heavy atom. The lowest BCUT2D eigenvalue weighted by molar-refractivity contribution is -0.384. The summed E-state index contributed by atoms with van der Waals surface area (Å²) in [5.74, 6) is 0. The molecule has 0 aliphatic rings.